The summed E-state index contributed by atoms with van der Waals surface area (Å²) in [6.07, 6.45) is 3.13. The molecule has 1 atom stereocenters. The number of hydrogen-bond acceptors (Lipinski definition) is 6. The largest absolute Gasteiger partial charge is 0.478 e. The van der Waals surface area contributed by atoms with Crippen molar-refractivity contribution in [2.75, 3.05) is 19.7 Å². The lowest BCUT2D eigenvalue weighted by atomic mass is 10.1. The lowest BCUT2D eigenvalue weighted by Crippen LogP contribution is -2.38. The molecule has 140 valence electrons. The van der Waals surface area contributed by atoms with Crippen molar-refractivity contribution in [1.29, 1.82) is 0 Å². The molecule has 1 fully saturated rings. The van der Waals surface area contributed by atoms with Crippen LogP contribution in [0, 0.1) is 13.8 Å². The van der Waals surface area contributed by atoms with Crippen LogP contribution in [0.25, 0.3) is 0 Å². The van der Waals surface area contributed by atoms with E-state index in [0.717, 1.165) is 42.9 Å². The van der Waals surface area contributed by atoms with Gasteiger partial charge in [0.05, 0.1) is 18.7 Å². The maximum atomic E-state index is 12.3. The van der Waals surface area contributed by atoms with Gasteiger partial charge in [-0.25, -0.2) is 4.98 Å². The molecule has 0 radical (unpaired) electrons. The van der Waals surface area contributed by atoms with E-state index in [0.29, 0.717) is 24.7 Å². The summed E-state index contributed by atoms with van der Waals surface area (Å²) in [5, 5.41) is 7.03. The van der Waals surface area contributed by atoms with Crippen LogP contribution in [-0.2, 0) is 17.8 Å². The van der Waals surface area contributed by atoms with Gasteiger partial charge in [-0.3, -0.25) is 9.69 Å². The minimum absolute atomic E-state index is 0.0222. The summed E-state index contributed by atoms with van der Waals surface area (Å²) in [6.45, 7) is 8.90. The first-order valence-electron chi connectivity index (χ1n) is 9.06. The zero-order valence-corrected chi connectivity index (χ0v) is 15.6. The number of carbonyl (C=O) groups is 1. The van der Waals surface area contributed by atoms with Gasteiger partial charge < -0.3 is 14.6 Å². The molecule has 2 aromatic rings. The minimum Gasteiger partial charge on any atom is -0.478 e. The molecule has 1 aliphatic rings. The third-order valence-corrected chi connectivity index (χ3v) is 4.65. The van der Waals surface area contributed by atoms with Gasteiger partial charge in [0.1, 0.15) is 5.76 Å². The molecule has 0 aliphatic carbocycles. The maximum Gasteiger partial charge on any atom is 0.224 e. The quantitative estimate of drug-likeness (QED) is 0.816. The monoisotopic (exact) mass is 358 g/mol. The maximum absolute atomic E-state index is 12.3. The predicted molar refractivity (Wildman–Crippen MR) is 96.9 cm³/mol. The highest BCUT2D eigenvalue weighted by molar-refractivity contribution is 5.79. The normalized spacial score (nSPS) is 17.4. The van der Waals surface area contributed by atoms with E-state index < -0.39 is 0 Å². The van der Waals surface area contributed by atoms with E-state index in [1.165, 1.54) is 0 Å². The van der Waals surface area contributed by atoms with Crippen LogP contribution in [0.3, 0.4) is 0 Å². The molecule has 1 N–H and O–H groups in total. The Morgan fingerprint density at radius 2 is 2.27 bits per heavy atom. The molecule has 0 spiro atoms. The third-order valence-electron chi connectivity index (χ3n) is 4.65. The summed E-state index contributed by atoms with van der Waals surface area (Å²) in [5.41, 5.74) is 2.82. The Labute approximate surface area is 153 Å². The topological polar surface area (TPSA) is 80.5 Å². The fourth-order valence-corrected chi connectivity index (χ4v) is 3.28. The average Bonchev–Trinajstić information content (AvgIpc) is 3.18. The van der Waals surface area contributed by atoms with Crippen LogP contribution in [0.4, 0.5) is 0 Å². The Kier molecular flexibility index (Phi) is 5.88. The second-order valence-electron chi connectivity index (χ2n) is 6.71. The molecule has 0 aromatic carbocycles. The molecule has 0 saturated carbocycles. The number of nitrogens with zero attached hydrogens (tertiary/aromatic N) is 3. The molecule has 0 bridgehead atoms. The fraction of sp³-hybridized carbons (Fsp3) is 0.526. The van der Waals surface area contributed by atoms with Gasteiger partial charge in [-0.05, 0) is 32.8 Å². The first-order chi connectivity index (χ1) is 12.5. The van der Waals surface area contributed by atoms with Crippen molar-refractivity contribution in [1.82, 2.24) is 20.4 Å². The van der Waals surface area contributed by atoms with E-state index in [1.807, 2.05) is 39.1 Å². The van der Waals surface area contributed by atoms with Crippen LogP contribution in [0.15, 0.2) is 22.9 Å². The average molecular weight is 358 g/mol. The molecule has 26 heavy (non-hydrogen) atoms. The number of ether oxygens (including phenoxy) is 1. The van der Waals surface area contributed by atoms with Crippen molar-refractivity contribution in [2.24, 2.45) is 0 Å². The molecule has 3 heterocycles. The van der Waals surface area contributed by atoms with Crippen molar-refractivity contribution in [3.8, 4) is 5.88 Å². The van der Waals surface area contributed by atoms with E-state index in [9.17, 15) is 4.79 Å². The second-order valence-corrected chi connectivity index (χ2v) is 6.71. The minimum atomic E-state index is 0.0222. The second kappa shape index (κ2) is 8.31. The highest BCUT2D eigenvalue weighted by atomic mass is 16.5. The Hall–Kier alpha value is -2.41. The van der Waals surface area contributed by atoms with Gasteiger partial charge in [0.25, 0.3) is 0 Å². The highest BCUT2D eigenvalue weighted by Gasteiger charge is 2.24. The van der Waals surface area contributed by atoms with Crippen LogP contribution in [-0.4, -0.2) is 46.7 Å². The standard InChI is InChI=1S/C19H26N4O3/c1-4-25-19-6-5-15(10-20-19)11-23-8-7-16(12-23)21-18(24)9-17-13(2)22-26-14(17)3/h5-6,10,16H,4,7-9,11-12H2,1-3H3,(H,21,24)/t16-/m1/s1. The zero-order chi connectivity index (χ0) is 18.5. The predicted octanol–water partition coefficient (Wildman–Crippen LogP) is 2.02. The van der Waals surface area contributed by atoms with Gasteiger partial charge in [0.2, 0.25) is 11.8 Å². The summed E-state index contributed by atoms with van der Waals surface area (Å²) in [6, 6.07) is 4.12. The zero-order valence-electron chi connectivity index (χ0n) is 15.6. The van der Waals surface area contributed by atoms with Crippen LogP contribution in [0.5, 0.6) is 5.88 Å². The first-order valence-corrected chi connectivity index (χ1v) is 9.06. The van der Waals surface area contributed by atoms with Gasteiger partial charge in [0.15, 0.2) is 0 Å². The lowest BCUT2D eigenvalue weighted by molar-refractivity contribution is -0.121. The summed E-state index contributed by atoms with van der Waals surface area (Å²) < 4.78 is 10.5. The smallest absolute Gasteiger partial charge is 0.224 e. The Balaban J connectivity index is 1.47. The van der Waals surface area contributed by atoms with Crippen molar-refractivity contribution in [2.45, 2.75) is 46.2 Å². The van der Waals surface area contributed by atoms with Crippen LogP contribution in [0.2, 0.25) is 0 Å². The van der Waals surface area contributed by atoms with E-state index in [-0.39, 0.29) is 11.9 Å². The number of nitrogens with one attached hydrogen (secondary N) is 1. The third kappa shape index (κ3) is 4.60. The molecule has 7 nitrogen and oxygen atoms in total. The summed E-state index contributed by atoms with van der Waals surface area (Å²) in [4.78, 5) is 18.9. The van der Waals surface area contributed by atoms with Gasteiger partial charge in [-0.2, -0.15) is 0 Å². The van der Waals surface area contributed by atoms with Crippen molar-refractivity contribution < 1.29 is 14.1 Å². The lowest BCUT2D eigenvalue weighted by Gasteiger charge is -2.17. The van der Waals surface area contributed by atoms with Gasteiger partial charge in [-0.1, -0.05) is 11.2 Å². The number of carbonyl (C=O) groups excluding carboxylic acids is 1. The number of rotatable bonds is 7. The van der Waals surface area contributed by atoms with E-state index >= 15 is 0 Å². The number of likely N-dealkylation sites (tertiary alicyclic amines) is 1. The number of aryl methyl sites for hydroxylation is 2. The molecule has 3 rings (SSSR count). The Morgan fingerprint density at radius 3 is 2.92 bits per heavy atom. The highest BCUT2D eigenvalue weighted by Crippen LogP contribution is 2.16. The molecular formula is C19H26N4O3. The van der Waals surface area contributed by atoms with Crippen LogP contribution < -0.4 is 10.1 Å². The number of hydrogen-bond donors (Lipinski definition) is 1. The van der Waals surface area contributed by atoms with E-state index in [4.69, 9.17) is 9.26 Å². The first kappa shape index (κ1) is 18.4. The van der Waals surface area contributed by atoms with Crippen LogP contribution in [0.1, 0.15) is 35.9 Å². The molecule has 0 unspecified atom stereocenters. The Morgan fingerprint density at radius 1 is 1.42 bits per heavy atom. The van der Waals surface area contributed by atoms with Gasteiger partial charge >= 0.3 is 0 Å². The fourth-order valence-electron chi connectivity index (χ4n) is 3.28. The number of pyridine rings is 1. The molecule has 1 amide bonds. The summed E-state index contributed by atoms with van der Waals surface area (Å²) >= 11 is 0. The van der Waals surface area contributed by atoms with E-state index in [1.54, 1.807) is 0 Å². The van der Waals surface area contributed by atoms with Gasteiger partial charge in [-0.15, -0.1) is 0 Å². The molecule has 7 heteroatoms. The van der Waals surface area contributed by atoms with Crippen molar-refractivity contribution in [3.05, 3.63) is 40.9 Å². The molecule has 1 saturated heterocycles. The van der Waals surface area contributed by atoms with Crippen molar-refractivity contribution >= 4 is 5.91 Å². The SMILES string of the molecule is CCOc1ccc(CN2CC[C@@H](NC(=O)Cc3c(C)noc3C)C2)cn1. The molecular weight excluding hydrogens is 332 g/mol. The summed E-state index contributed by atoms with van der Waals surface area (Å²) in [5.74, 6) is 1.39. The van der Waals surface area contributed by atoms with Gasteiger partial charge in [0, 0.05) is 43.5 Å². The van der Waals surface area contributed by atoms with Crippen molar-refractivity contribution in [3.63, 3.8) is 0 Å². The molecule has 1 aliphatic heterocycles. The van der Waals surface area contributed by atoms with E-state index in [2.05, 4.69) is 20.4 Å². The van der Waals surface area contributed by atoms with Crippen LogP contribution >= 0.6 is 0 Å². The Bertz CT molecular complexity index is 722. The molecule has 2 aromatic heterocycles. The number of aromatic nitrogens is 2. The summed E-state index contributed by atoms with van der Waals surface area (Å²) in [7, 11) is 0. The number of amides is 1.